The molecule has 6 nitrogen and oxygen atoms in total. The molecule has 22 heavy (non-hydrogen) atoms. The van der Waals surface area contributed by atoms with Gasteiger partial charge in [0.15, 0.2) is 0 Å². The highest BCUT2D eigenvalue weighted by atomic mass is 19.4. The van der Waals surface area contributed by atoms with E-state index in [0.29, 0.717) is 6.42 Å². The number of aliphatic carboxylic acids is 2. The molecule has 0 aliphatic rings. The zero-order valence-electron chi connectivity index (χ0n) is 11.3. The Morgan fingerprint density at radius 2 is 1.14 bits per heavy atom. The van der Waals surface area contributed by atoms with Gasteiger partial charge < -0.3 is 15.9 Å². The summed E-state index contributed by atoms with van der Waals surface area (Å²) in [4.78, 5) is 27.9. The van der Waals surface area contributed by atoms with Crippen molar-refractivity contribution in [2.24, 2.45) is 5.73 Å². The van der Waals surface area contributed by atoms with Gasteiger partial charge in [-0.1, -0.05) is 19.8 Å². The first-order valence-corrected chi connectivity index (χ1v) is 5.54. The first kappa shape index (κ1) is 25.0. The normalized spacial score (nSPS) is 10.5. The molecule has 132 valence electrons. The fraction of sp³-hybridized carbons (Fsp3) is 0.700. The van der Waals surface area contributed by atoms with Gasteiger partial charge in [-0.05, 0) is 6.42 Å². The van der Waals surface area contributed by atoms with Crippen LogP contribution in [0.1, 0.15) is 32.6 Å². The van der Waals surface area contributed by atoms with Crippen LogP contribution in [0.2, 0.25) is 0 Å². The van der Waals surface area contributed by atoms with Gasteiger partial charge in [-0.15, -0.1) is 0 Å². The molecular formula is C10H15F6NO5. The number of nitrogens with two attached hydrogens (primary N) is 1. The number of carbonyl (C=O) groups is 3. The Labute approximate surface area is 120 Å². The van der Waals surface area contributed by atoms with Gasteiger partial charge >= 0.3 is 24.3 Å². The van der Waals surface area contributed by atoms with Crippen molar-refractivity contribution in [1.82, 2.24) is 0 Å². The summed E-state index contributed by atoms with van der Waals surface area (Å²) in [7, 11) is 0. The average Bonchev–Trinajstić information content (AvgIpc) is 2.27. The van der Waals surface area contributed by atoms with E-state index in [0.717, 1.165) is 19.3 Å². The number of hydrogen-bond donors (Lipinski definition) is 3. The van der Waals surface area contributed by atoms with Crippen LogP contribution in [0.15, 0.2) is 0 Å². The number of carboxylic acids is 2. The number of halogens is 6. The van der Waals surface area contributed by atoms with Crippen LogP contribution in [-0.2, 0) is 14.4 Å². The monoisotopic (exact) mass is 343 g/mol. The van der Waals surface area contributed by atoms with Crippen molar-refractivity contribution in [2.45, 2.75) is 45.0 Å². The second kappa shape index (κ2) is 11.6. The minimum Gasteiger partial charge on any atom is -0.475 e. The van der Waals surface area contributed by atoms with E-state index in [1.165, 1.54) is 0 Å². The van der Waals surface area contributed by atoms with Crippen molar-refractivity contribution in [3.05, 3.63) is 0 Å². The van der Waals surface area contributed by atoms with Gasteiger partial charge in [0.2, 0.25) is 5.91 Å². The van der Waals surface area contributed by atoms with Crippen LogP contribution in [0.3, 0.4) is 0 Å². The van der Waals surface area contributed by atoms with E-state index >= 15 is 0 Å². The van der Waals surface area contributed by atoms with Crippen LogP contribution >= 0.6 is 0 Å². The van der Waals surface area contributed by atoms with Gasteiger partial charge in [0.1, 0.15) is 0 Å². The molecule has 0 aliphatic heterocycles. The molecule has 0 bridgehead atoms. The van der Waals surface area contributed by atoms with Crippen LogP contribution < -0.4 is 5.73 Å². The van der Waals surface area contributed by atoms with E-state index in [9.17, 15) is 31.1 Å². The van der Waals surface area contributed by atoms with E-state index in [2.05, 4.69) is 6.92 Å². The highest BCUT2D eigenvalue weighted by Crippen LogP contribution is 2.13. The fourth-order valence-corrected chi connectivity index (χ4v) is 0.549. The molecule has 0 fully saturated rings. The zero-order chi connectivity index (χ0) is 18.6. The Hall–Kier alpha value is -2.01. The summed E-state index contributed by atoms with van der Waals surface area (Å²) < 4.78 is 63.5. The van der Waals surface area contributed by atoms with Crippen molar-refractivity contribution in [3.63, 3.8) is 0 Å². The number of hydrogen-bond acceptors (Lipinski definition) is 3. The molecule has 0 heterocycles. The lowest BCUT2D eigenvalue weighted by Gasteiger charge is -1.93. The molecule has 0 unspecified atom stereocenters. The van der Waals surface area contributed by atoms with Gasteiger partial charge in [-0.2, -0.15) is 26.3 Å². The Morgan fingerprint density at radius 1 is 0.864 bits per heavy atom. The number of amides is 1. The molecule has 0 radical (unpaired) electrons. The molecule has 0 spiro atoms. The zero-order valence-corrected chi connectivity index (χ0v) is 11.3. The first-order chi connectivity index (χ1) is 9.66. The van der Waals surface area contributed by atoms with Crippen LogP contribution in [0.25, 0.3) is 0 Å². The number of rotatable bonds is 4. The van der Waals surface area contributed by atoms with Gasteiger partial charge in [-0.25, -0.2) is 9.59 Å². The van der Waals surface area contributed by atoms with Crippen molar-refractivity contribution < 1.29 is 50.9 Å². The molecule has 0 saturated heterocycles. The molecule has 4 N–H and O–H groups in total. The summed E-state index contributed by atoms with van der Waals surface area (Å²) in [5, 5.41) is 14.2. The maximum atomic E-state index is 10.6. The maximum absolute atomic E-state index is 10.6. The highest BCUT2D eigenvalue weighted by molar-refractivity contribution is 5.73. The number of unbranched alkanes of at least 4 members (excludes halogenated alkanes) is 2. The highest BCUT2D eigenvalue weighted by Gasteiger charge is 2.38. The first-order valence-electron chi connectivity index (χ1n) is 5.54. The number of alkyl halides is 6. The lowest BCUT2D eigenvalue weighted by Crippen LogP contribution is -2.21. The summed E-state index contributed by atoms with van der Waals surface area (Å²) in [6.45, 7) is 2.10. The Kier molecular flexibility index (Phi) is 13.2. The predicted octanol–water partition coefficient (Wildman–Crippen LogP) is 2.32. The molecule has 12 heteroatoms. The maximum Gasteiger partial charge on any atom is 0.490 e. The summed E-state index contributed by atoms with van der Waals surface area (Å²) in [6, 6.07) is 0. The molecular weight excluding hydrogens is 328 g/mol. The third kappa shape index (κ3) is 23.1. The molecule has 0 atom stereocenters. The van der Waals surface area contributed by atoms with Crippen molar-refractivity contribution in [2.75, 3.05) is 0 Å². The smallest absolute Gasteiger partial charge is 0.475 e. The summed E-state index contributed by atoms with van der Waals surface area (Å²) in [5.41, 5.74) is 4.89. The predicted molar refractivity (Wildman–Crippen MR) is 60.7 cm³/mol. The van der Waals surface area contributed by atoms with Gasteiger partial charge in [0.25, 0.3) is 0 Å². The van der Waals surface area contributed by atoms with Crippen LogP contribution in [-0.4, -0.2) is 40.4 Å². The molecule has 0 aliphatic carbocycles. The minimum atomic E-state index is -5.08. The third-order valence-corrected chi connectivity index (χ3v) is 1.51. The van der Waals surface area contributed by atoms with E-state index in [1.54, 1.807) is 0 Å². The summed E-state index contributed by atoms with van der Waals surface area (Å²) in [6.07, 6.45) is -6.41. The molecule has 0 aromatic heterocycles. The van der Waals surface area contributed by atoms with E-state index in [1.807, 2.05) is 0 Å². The van der Waals surface area contributed by atoms with E-state index < -0.39 is 24.3 Å². The van der Waals surface area contributed by atoms with Gasteiger partial charge in [0, 0.05) is 6.42 Å². The Balaban J connectivity index is -0.000000247. The number of carboxylic acid groups (broad SMARTS) is 2. The van der Waals surface area contributed by atoms with Crippen molar-refractivity contribution >= 4 is 17.8 Å². The van der Waals surface area contributed by atoms with Crippen LogP contribution in [0.5, 0.6) is 0 Å². The molecule has 0 aromatic carbocycles. The number of carbonyl (C=O) groups excluding carboxylic acids is 1. The molecule has 0 rings (SSSR count). The molecule has 0 saturated carbocycles. The topological polar surface area (TPSA) is 118 Å². The van der Waals surface area contributed by atoms with Gasteiger partial charge in [0.05, 0.1) is 0 Å². The average molecular weight is 343 g/mol. The lowest BCUT2D eigenvalue weighted by molar-refractivity contribution is -0.193. The summed E-state index contributed by atoms with van der Waals surface area (Å²) >= 11 is 0. The minimum absolute atomic E-state index is 0.182. The molecule has 1 amide bonds. The lowest BCUT2D eigenvalue weighted by atomic mass is 10.2. The standard InChI is InChI=1S/C6H13NO.2C2HF3O2/c1-2-3-4-5-6(7)8;2*3-2(4,5)1(6)7/h2-5H2,1H3,(H2,7,8);2*(H,6,7). The van der Waals surface area contributed by atoms with Crippen LogP contribution in [0.4, 0.5) is 26.3 Å². The Morgan fingerprint density at radius 3 is 1.27 bits per heavy atom. The van der Waals surface area contributed by atoms with Crippen LogP contribution in [0, 0.1) is 0 Å². The Bertz CT molecular complexity index is 329. The summed E-state index contributed by atoms with van der Waals surface area (Å²) in [5.74, 6) is -5.70. The van der Waals surface area contributed by atoms with Gasteiger partial charge in [-0.3, -0.25) is 4.79 Å². The quantitative estimate of drug-likeness (QED) is 0.535. The second-order valence-electron chi connectivity index (χ2n) is 3.53. The second-order valence-corrected chi connectivity index (χ2v) is 3.53. The largest absolute Gasteiger partial charge is 0.490 e. The van der Waals surface area contributed by atoms with Crippen molar-refractivity contribution in [3.8, 4) is 0 Å². The fourth-order valence-electron chi connectivity index (χ4n) is 0.549. The van der Waals surface area contributed by atoms with E-state index in [4.69, 9.17) is 25.5 Å². The SMILES string of the molecule is CCCCCC(N)=O.O=C(O)C(F)(F)F.O=C(O)C(F)(F)F. The number of primary amides is 1. The molecule has 0 aromatic rings. The van der Waals surface area contributed by atoms with Crippen molar-refractivity contribution in [1.29, 1.82) is 0 Å². The third-order valence-electron chi connectivity index (χ3n) is 1.51. The van der Waals surface area contributed by atoms with E-state index in [-0.39, 0.29) is 5.91 Å².